The molecule has 1 heterocycles. The Balaban J connectivity index is 0.000000645. The molecule has 1 saturated heterocycles. The van der Waals surface area contributed by atoms with E-state index in [4.69, 9.17) is 9.90 Å². The molecule has 2 N–H and O–H groups in total. The van der Waals surface area contributed by atoms with Crippen molar-refractivity contribution in [3.8, 4) is 0 Å². The molecule has 2 atom stereocenters. The molecule has 2 unspecified atom stereocenters. The Morgan fingerprint density at radius 2 is 1.66 bits per heavy atom. The summed E-state index contributed by atoms with van der Waals surface area (Å²) in [6.07, 6.45) is 5.70. The van der Waals surface area contributed by atoms with E-state index in [0.717, 1.165) is 32.4 Å². The lowest BCUT2D eigenvalue weighted by Gasteiger charge is -2.42. The average molecular weight is 393 g/mol. The maximum Gasteiger partial charge on any atom is 0.309 e. The van der Waals surface area contributed by atoms with E-state index < -0.39 is 5.97 Å². The number of carboxylic acids is 1. The van der Waals surface area contributed by atoms with Crippen molar-refractivity contribution in [3.63, 3.8) is 0 Å². The molecule has 29 heavy (non-hydrogen) atoms. The maximum atomic E-state index is 11.2. The highest BCUT2D eigenvalue weighted by molar-refractivity contribution is 5.71. The molecule has 5 rings (SSSR count). The van der Waals surface area contributed by atoms with Gasteiger partial charge in [0.15, 0.2) is 0 Å². The maximum absolute atomic E-state index is 11.2. The summed E-state index contributed by atoms with van der Waals surface area (Å²) >= 11 is 0. The van der Waals surface area contributed by atoms with Crippen LogP contribution in [-0.4, -0.2) is 46.7 Å². The highest BCUT2D eigenvalue weighted by Crippen LogP contribution is 2.49. The zero-order valence-corrected chi connectivity index (χ0v) is 16.5. The zero-order chi connectivity index (χ0) is 20.4. The van der Waals surface area contributed by atoms with Crippen LogP contribution in [0.15, 0.2) is 48.5 Å². The Hall–Kier alpha value is -2.66. The molecule has 2 aromatic rings. The van der Waals surface area contributed by atoms with Crippen LogP contribution in [0.1, 0.15) is 41.5 Å². The van der Waals surface area contributed by atoms with E-state index >= 15 is 0 Å². The van der Waals surface area contributed by atoms with Gasteiger partial charge in [0.2, 0.25) is 0 Å². The van der Waals surface area contributed by atoms with E-state index in [1.165, 1.54) is 35.1 Å². The highest BCUT2D eigenvalue weighted by atomic mass is 16.4. The second kappa shape index (κ2) is 7.99. The molecule has 5 heteroatoms. The molecule has 1 saturated carbocycles. The van der Waals surface area contributed by atoms with Gasteiger partial charge in [0.1, 0.15) is 0 Å². The lowest BCUT2D eigenvalue weighted by molar-refractivity contribution is -0.148. The van der Waals surface area contributed by atoms with E-state index in [0.29, 0.717) is 6.04 Å². The van der Waals surface area contributed by atoms with Crippen molar-refractivity contribution >= 4 is 12.4 Å². The Morgan fingerprint density at radius 3 is 2.34 bits per heavy atom. The van der Waals surface area contributed by atoms with Crippen LogP contribution in [0.4, 0.5) is 0 Å². The SMILES string of the molecule is O=C(O)C1CN(C2CCC3(Cc4ccccc4Cc4ccccc43)C2)C1.O=CO. The first-order valence-corrected chi connectivity index (χ1v) is 10.3. The lowest BCUT2D eigenvalue weighted by Crippen LogP contribution is -2.54. The molecular formula is C24H27NO4. The lowest BCUT2D eigenvalue weighted by atomic mass is 9.73. The fraction of sp³-hybridized carbons (Fsp3) is 0.417. The third-order valence-electron chi connectivity index (χ3n) is 6.97. The third kappa shape index (κ3) is 3.67. The van der Waals surface area contributed by atoms with Gasteiger partial charge in [-0.15, -0.1) is 0 Å². The molecule has 0 amide bonds. The van der Waals surface area contributed by atoms with Crippen molar-refractivity contribution in [2.24, 2.45) is 5.92 Å². The molecule has 2 fully saturated rings. The number of nitrogens with zero attached hydrogens (tertiary/aromatic N) is 1. The third-order valence-corrected chi connectivity index (χ3v) is 6.97. The summed E-state index contributed by atoms with van der Waals surface area (Å²) in [4.78, 5) is 21.9. The number of fused-ring (bicyclic) bond motifs is 3. The fourth-order valence-corrected chi connectivity index (χ4v) is 5.54. The normalized spacial score (nSPS) is 25.7. The van der Waals surface area contributed by atoms with Crippen molar-refractivity contribution in [3.05, 3.63) is 70.8 Å². The number of benzene rings is 2. The Morgan fingerprint density at radius 1 is 1.03 bits per heavy atom. The minimum Gasteiger partial charge on any atom is -0.483 e. The molecule has 2 aliphatic carbocycles. The second-order valence-electron chi connectivity index (χ2n) is 8.55. The van der Waals surface area contributed by atoms with Gasteiger partial charge in [0, 0.05) is 24.5 Å². The van der Waals surface area contributed by atoms with Crippen LogP contribution in [-0.2, 0) is 27.8 Å². The van der Waals surface area contributed by atoms with Gasteiger partial charge in [-0.3, -0.25) is 14.5 Å². The van der Waals surface area contributed by atoms with Gasteiger partial charge >= 0.3 is 5.97 Å². The molecule has 152 valence electrons. The van der Waals surface area contributed by atoms with E-state index in [9.17, 15) is 9.90 Å². The highest BCUT2D eigenvalue weighted by Gasteiger charge is 2.47. The smallest absolute Gasteiger partial charge is 0.309 e. The summed E-state index contributed by atoms with van der Waals surface area (Å²) in [6.45, 7) is 1.21. The van der Waals surface area contributed by atoms with Gasteiger partial charge in [-0.05, 0) is 54.4 Å². The van der Waals surface area contributed by atoms with Crippen LogP contribution in [0, 0.1) is 5.92 Å². The number of carbonyl (C=O) groups is 2. The summed E-state index contributed by atoms with van der Waals surface area (Å²) in [6, 6.07) is 18.4. The first-order valence-electron chi connectivity index (χ1n) is 10.3. The summed E-state index contributed by atoms with van der Waals surface area (Å²) in [5.74, 6) is -0.795. The zero-order valence-electron chi connectivity index (χ0n) is 16.5. The van der Waals surface area contributed by atoms with Crippen LogP contribution in [0.3, 0.4) is 0 Å². The predicted octanol–water partition coefficient (Wildman–Crippen LogP) is 3.34. The van der Waals surface area contributed by atoms with Gasteiger partial charge < -0.3 is 10.2 Å². The summed E-state index contributed by atoms with van der Waals surface area (Å²) in [7, 11) is 0. The molecule has 3 aliphatic rings. The van der Waals surface area contributed by atoms with Crippen molar-refractivity contribution in [2.75, 3.05) is 13.1 Å². The summed E-state index contributed by atoms with van der Waals surface area (Å²) < 4.78 is 0. The van der Waals surface area contributed by atoms with E-state index in [1.54, 1.807) is 0 Å². The van der Waals surface area contributed by atoms with Gasteiger partial charge in [0.25, 0.3) is 6.47 Å². The van der Waals surface area contributed by atoms with Gasteiger partial charge in [0.05, 0.1) is 5.92 Å². The van der Waals surface area contributed by atoms with Crippen LogP contribution in [0.25, 0.3) is 0 Å². The van der Waals surface area contributed by atoms with Crippen LogP contribution < -0.4 is 0 Å². The summed E-state index contributed by atoms with van der Waals surface area (Å²) in [5, 5.41) is 16.1. The number of hydrogen-bond donors (Lipinski definition) is 2. The first kappa shape index (κ1) is 19.6. The van der Waals surface area contributed by atoms with Crippen molar-refractivity contribution in [2.45, 2.75) is 43.6 Å². The van der Waals surface area contributed by atoms with Gasteiger partial charge in [-0.25, -0.2) is 0 Å². The van der Waals surface area contributed by atoms with Gasteiger partial charge in [-0.2, -0.15) is 0 Å². The molecule has 0 bridgehead atoms. The Kier molecular flexibility index (Phi) is 5.41. The fourth-order valence-electron chi connectivity index (χ4n) is 5.54. The first-order chi connectivity index (χ1) is 14.1. The number of hydrogen-bond acceptors (Lipinski definition) is 3. The van der Waals surface area contributed by atoms with Gasteiger partial charge in [-0.1, -0.05) is 48.5 Å². The van der Waals surface area contributed by atoms with E-state index in [1.807, 2.05) is 0 Å². The number of rotatable bonds is 2. The monoisotopic (exact) mass is 393 g/mol. The molecular weight excluding hydrogens is 366 g/mol. The minimum atomic E-state index is -0.636. The Labute approximate surface area is 171 Å². The average Bonchev–Trinajstić information content (AvgIpc) is 3.01. The largest absolute Gasteiger partial charge is 0.483 e. The van der Waals surface area contributed by atoms with Crippen LogP contribution >= 0.6 is 0 Å². The van der Waals surface area contributed by atoms with Crippen molar-refractivity contribution in [1.82, 2.24) is 4.90 Å². The molecule has 5 nitrogen and oxygen atoms in total. The van der Waals surface area contributed by atoms with Crippen LogP contribution in [0.2, 0.25) is 0 Å². The van der Waals surface area contributed by atoms with Crippen LogP contribution in [0.5, 0.6) is 0 Å². The predicted molar refractivity (Wildman–Crippen MR) is 110 cm³/mol. The number of aliphatic carboxylic acids is 1. The van der Waals surface area contributed by atoms with E-state index in [-0.39, 0.29) is 17.8 Å². The molecule has 0 aromatic heterocycles. The molecule has 0 radical (unpaired) electrons. The van der Waals surface area contributed by atoms with Crippen molar-refractivity contribution in [1.29, 1.82) is 0 Å². The summed E-state index contributed by atoms with van der Waals surface area (Å²) in [5.41, 5.74) is 6.19. The quantitative estimate of drug-likeness (QED) is 0.765. The number of carboxylic acid groups (broad SMARTS) is 2. The topological polar surface area (TPSA) is 77.8 Å². The number of likely N-dealkylation sites (tertiary alicyclic amines) is 1. The Bertz CT molecular complexity index is 905. The van der Waals surface area contributed by atoms with Crippen molar-refractivity contribution < 1.29 is 19.8 Å². The molecule has 2 aromatic carbocycles. The standard InChI is InChI=1S/C23H25NO2.CH2O2/c25-22(26)19-14-24(15-19)20-9-10-23(13-20)12-18-7-2-1-5-16(18)11-17-6-3-4-8-21(17)23;2-1-3/h1-8,19-20H,9-15H2,(H,25,26);1H,(H,2,3). The molecule has 1 aliphatic heterocycles. The molecule has 1 spiro atoms. The van der Waals surface area contributed by atoms with E-state index in [2.05, 4.69) is 53.4 Å². The second-order valence-corrected chi connectivity index (χ2v) is 8.55. The minimum absolute atomic E-state index is 0.159.